The third-order valence-electron chi connectivity index (χ3n) is 6.09. The summed E-state index contributed by atoms with van der Waals surface area (Å²) in [7, 11) is -4.09. The van der Waals surface area contributed by atoms with Gasteiger partial charge in [-0.15, -0.1) is 0 Å². The quantitative estimate of drug-likeness (QED) is 0.359. The molecule has 202 valence electrons. The molecule has 0 heterocycles. The lowest BCUT2D eigenvalue weighted by Crippen LogP contribution is -2.51. The first-order valence-corrected chi connectivity index (χ1v) is 14.3. The van der Waals surface area contributed by atoms with E-state index in [0.717, 1.165) is 9.87 Å². The van der Waals surface area contributed by atoms with Crippen molar-refractivity contribution in [1.29, 1.82) is 0 Å². The number of nitrogens with zero attached hydrogens (tertiary/aromatic N) is 2. The van der Waals surface area contributed by atoms with Crippen LogP contribution in [0.1, 0.15) is 31.9 Å². The number of carbonyl (C=O) groups is 2. The van der Waals surface area contributed by atoms with Gasteiger partial charge in [-0.2, -0.15) is 0 Å². The van der Waals surface area contributed by atoms with E-state index in [-0.39, 0.29) is 23.3 Å². The van der Waals surface area contributed by atoms with Crippen LogP contribution in [0.2, 0.25) is 5.02 Å². The Morgan fingerprint density at radius 3 is 2.21 bits per heavy atom. The van der Waals surface area contributed by atoms with E-state index in [1.165, 1.54) is 17.0 Å². The first-order valence-electron chi connectivity index (χ1n) is 12.5. The first kappa shape index (κ1) is 29.2. The van der Waals surface area contributed by atoms with Crippen molar-refractivity contribution >= 4 is 39.1 Å². The average Bonchev–Trinajstić information content (AvgIpc) is 2.89. The van der Waals surface area contributed by atoms with E-state index in [2.05, 4.69) is 5.32 Å². The second-order valence-corrected chi connectivity index (χ2v) is 11.9. The highest BCUT2D eigenvalue weighted by atomic mass is 35.5. The van der Waals surface area contributed by atoms with Crippen LogP contribution in [0, 0.1) is 12.8 Å². The molecule has 0 aromatic heterocycles. The van der Waals surface area contributed by atoms with Crippen LogP contribution in [0.3, 0.4) is 0 Å². The average molecular weight is 556 g/mol. The molecule has 0 fully saturated rings. The zero-order valence-electron chi connectivity index (χ0n) is 22.1. The Hall–Kier alpha value is -3.36. The standard InChI is InChI=1S/C29H34ClN3O4S/c1-21(2)18-31-29(35)23(4)32(19-24-12-10-13-25(30)17-24)28(34)20-33(27-16-9-8-11-22(27)3)38(36,37)26-14-6-5-7-15-26/h5-17,21,23H,18-20H2,1-4H3,(H,31,35). The van der Waals surface area contributed by atoms with Gasteiger partial charge in [0, 0.05) is 18.1 Å². The van der Waals surface area contributed by atoms with Gasteiger partial charge in [0.15, 0.2) is 0 Å². The number of para-hydroxylation sites is 1. The van der Waals surface area contributed by atoms with Gasteiger partial charge in [0.25, 0.3) is 10.0 Å². The molecule has 3 rings (SSSR count). The molecule has 0 bridgehead atoms. The Morgan fingerprint density at radius 1 is 0.921 bits per heavy atom. The van der Waals surface area contributed by atoms with E-state index in [9.17, 15) is 18.0 Å². The van der Waals surface area contributed by atoms with Gasteiger partial charge in [-0.3, -0.25) is 13.9 Å². The van der Waals surface area contributed by atoms with Crippen molar-refractivity contribution in [1.82, 2.24) is 10.2 Å². The van der Waals surface area contributed by atoms with Crippen LogP contribution in [0.15, 0.2) is 83.8 Å². The minimum atomic E-state index is -4.09. The van der Waals surface area contributed by atoms with Crippen molar-refractivity contribution in [2.75, 3.05) is 17.4 Å². The number of sulfonamides is 1. The molecule has 9 heteroatoms. The highest BCUT2D eigenvalue weighted by Gasteiger charge is 2.33. The second kappa shape index (κ2) is 12.9. The topological polar surface area (TPSA) is 86.8 Å². The smallest absolute Gasteiger partial charge is 0.264 e. The van der Waals surface area contributed by atoms with E-state index in [1.807, 2.05) is 19.9 Å². The van der Waals surface area contributed by atoms with E-state index < -0.39 is 28.5 Å². The summed E-state index contributed by atoms with van der Waals surface area (Å²) in [6.45, 7) is 7.46. The molecule has 0 aliphatic heterocycles. The predicted octanol–water partition coefficient (Wildman–Crippen LogP) is 5.03. The maximum absolute atomic E-state index is 13.9. The number of aryl methyl sites for hydroxylation is 1. The molecule has 0 saturated heterocycles. The van der Waals surface area contributed by atoms with Crippen molar-refractivity contribution in [2.24, 2.45) is 5.92 Å². The lowest BCUT2D eigenvalue weighted by Gasteiger charge is -2.32. The molecule has 1 N–H and O–H groups in total. The molecule has 3 aromatic rings. The summed E-state index contributed by atoms with van der Waals surface area (Å²) < 4.78 is 28.7. The van der Waals surface area contributed by atoms with Crippen LogP contribution in [0.4, 0.5) is 5.69 Å². The molecular weight excluding hydrogens is 522 g/mol. The van der Waals surface area contributed by atoms with Gasteiger partial charge in [0.1, 0.15) is 12.6 Å². The van der Waals surface area contributed by atoms with E-state index in [0.29, 0.717) is 22.8 Å². The van der Waals surface area contributed by atoms with Crippen molar-refractivity contribution < 1.29 is 18.0 Å². The van der Waals surface area contributed by atoms with Crippen molar-refractivity contribution in [2.45, 2.75) is 45.2 Å². The Morgan fingerprint density at radius 2 is 1.58 bits per heavy atom. The van der Waals surface area contributed by atoms with Crippen LogP contribution in [-0.4, -0.2) is 44.3 Å². The third kappa shape index (κ3) is 7.36. The number of halogens is 1. The molecule has 0 saturated carbocycles. The molecular formula is C29H34ClN3O4S. The summed E-state index contributed by atoms with van der Waals surface area (Å²) in [5.74, 6) is -0.599. The number of benzene rings is 3. The Bertz CT molecular complexity index is 1360. The molecule has 2 amide bonds. The SMILES string of the molecule is Cc1ccccc1N(CC(=O)N(Cc1cccc(Cl)c1)C(C)C(=O)NCC(C)C)S(=O)(=O)c1ccccc1. The molecule has 1 atom stereocenters. The lowest BCUT2D eigenvalue weighted by molar-refractivity contribution is -0.139. The number of nitrogens with one attached hydrogen (secondary N) is 1. The van der Waals surface area contributed by atoms with Gasteiger partial charge in [0.2, 0.25) is 11.8 Å². The van der Waals surface area contributed by atoms with Gasteiger partial charge in [-0.05, 0) is 61.2 Å². The number of hydrogen-bond donors (Lipinski definition) is 1. The van der Waals surface area contributed by atoms with Gasteiger partial charge in [-0.25, -0.2) is 8.42 Å². The fourth-order valence-corrected chi connectivity index (χ4v) is 5.66. The van der Waals surface area contributed by atoms with Gasteiger partial charge in [-0.1, -0.05) is 74.0 Å². The molecule has 0 aliphatic rings. The Balaban J connectivity index is 2.01. The second-order valence-electron chi connectivity index (χ2n) is 9.58. The zero-order valence-corrected chi connectivity index (χ0v) is 23.7. The molecule has 0 radical (unpaired) electrons. The molecule has 1 unspecified atom stereocenters. The predicted molar refractivity (Wildman–Crippen MR) is 151 cm³/mol. The minimum absolute atomic E-state index is 0.0696. The Labute approximate surface area is 230 Å². The first-order chi connectivity index (χ1) is 18.0. The van der Waals surface area contributed by atoms with Crippen molar-refractivity contribution in [3.05, 3.63) is 95.0 Å². The molecule has 38 heavy (non-hydrogen) atoms. The molecule has 0 aliphatic carbocycles. The van der Waals surface area contributed by atoms with E-state index in [1.54, 1.807) is 74.5 Å². The summed E-state index contributed by atoms with van der Waals surface area (Å²) in [6, 6.07) is 21.2. The van der Waals surface area contributed by atoms with Crippen LogP contribution in [0.25, 0.3) is 0 Å². The van der Waals surface area contributed by atoms with Gasteiger partial charge in [0.05, 0.1) is 10.6 Å². The summed E-state index contributed by atoms with van der Waals surface area (Å²) in [5, 5.41) is 3.37. The summed E-state index contributed by atoms with van der Waals surface area (Å²) in [5.41, 5.74) is 1.82. The fourth-order valence-electron chi connectivity index (χ4n) is 3.94. The Kier molecular flexibility index (Phi) is 9.94. The largest absolute Gasteiger partial charge is 0.354 e. The van der Waals surface area contributed by atoms with Gasteiger partial charge < -0.3 is 10.2 Å². The highest BCUT2D eigenvalue weighted by Crippen LogP contribution is 2.27. The van der Waals surface area contributed by atoms with Crippen LogP contribution < -0.4 is 9.62 Å². The van der Waals surface area contributed by atoms with Crippen molar-refractivity contribution in [3.8, 4) is 0 Å². The number of amides is 2. The van der Waals surface area contributed by atoms with Gasteiger partial charge >= 0.3 is 0 Å². The minimum Gasteiger partial charge on any atom is -0.354 e. The van der Waals surface area contributed by atoms with Crippen molar-refractivity contribution in [3.63, 3.8) is 0 Å². The van der Waals surface area contributed by atoms with Crippen LogP contribution >= 0.6 is 11.6 Å². The molecule has 3 aromatic carbocycles. The summed E-state index contributed by atoms with van der Waals surface area (Å²) in [6.07, 6.45) is 0. The maximum atomic E-state index is 13.9. The summed E-state index contributed by atoms with van der Waals surface area (Å²) >= 11 is 6.17. The van der Waals surface area contributed by atoms with E-state index in [4.69, 9.17) is 11.6 Å². The normalized spacial score (nSPS) is 12.2. The monoisotopic (exact) mass is 555 g/mol. The highest BCUT2D eigenvalue weighted by molar-refractivity contribution is 7.92. The third-order valence-corrected chi connectivity index (χ3v) is 8.10. The fraction of sp³-hybridized carbons (Fsp3) is 0.310. The maximum Gasteiger partial charge on any atom is 0.264 e. The lowest BCUT2D eigenvalue weighted by atomic mass is 10.1. The number of rotatable bonds is 11. The van der Waals surface area contributed by atoms with Crippen LogP contribution in [-0.2, 0) is 26.2 Å². The van der Waals surface area contributed by atoms with E-state index >= 15 is 0 Å². The number of hydrogen-bond acceptors (Lipinski definition) is 4. The number of carbonyl (C=O) groups excluding carboxylic acids is 2. The van der Waals surface area contributed by atoms with Crippen LogP contribution in [0.5, 0.6) is 0 Å². The number of anilines is 1. The molecule has 0 spiro atoms. The molecule has 7 nitrogen and oxygen atoms in total. The summed E-state index contributed by atoms with van der Waals surface area (Å²) in [4.78, 5) is 28.4. The zero-order chi connectivity index (χ0) is 27.9.